The molecular weight excluding hydrogens is 723 g/mol. The minimum Gasteiger partial charge on any atom is -0.458 e. The highest BCUT2D eigenvalue weighted by molar-refractivity contribution is 7.14. The summed E-state index contributed by atoms with van der Waals surface area (Å²) in [6, 6.07) is 28.8. The number of amides is 2. The van der Waals surface area contributed by atoms with Crippen molar-refractivity contribution in [2.24, 2.45) is 5.16 Å². The Kier molecular flexibility index (Phi) is 12.1. The summed E-state index contributed by atoms with van der Waals surface area (Å²) in [6.07, 6.45) is 0. The molecule has 0 aliphatic carbocycles. The molecule has 1 saturated heterocycles. The number of β-lactam (4-membered cyclic amide) rings is 1. The summed E-state index contributed by atoms with van der Waals surface area (Å²) < 4.78 is 10.6. The Labute approximate surface area is 325 Å². The van der Waals surface area contributed by atoms with Crippen LogP contribution in [0.3, 0.4) is 0 Å². The molecule has 2 N–H and O–H groups in total. The third-order valence-corrected chi connectivity index (χ3v) is 9.08. The molecule has 1 aromatic heterocycles. The topological polar surface area (TPSA) is 158 Å². The average molecular weight is 770 g/mol. The van der Waals surface area contributed by atoms with Gasteiger partial charge in [0, 0.05) is 5.38 Å². The molecular formula is C41H47N5O8S. The van der Waals surface area contributed by atoms with E-state index in [-0.39, 0.29) is 11.4 Å². The van der Waals surface area contributed by atoms with E-state index in [1.807, 2.05) is 91.0 Å². The van der Waals surface area contributed by atoms with Gasteiger partial charge in [0.1, 0.15) is 28.5 Å². The lowest BCUT2D eigenvalue weighted by atomic mass is 9.77. The van der Waals surface area contributed by atoms with E-state index in [4.69, 9.17) is 24.1 Å². The number of carbonyl (C=O) groups is 4. The summed E-state index contributed by atoms with van der Waals surface area (Å²) in [5.74, 6) is -2.72. The lowest BCUT2D eigenvalue weighted by Gasteiger charge is -2.51. The van der Waals surface area contributed by atoms with Gasteiger partial charge >= 0.3 is 11.9 Å². The molecule has 4 aromatic rings. The van der Waals surface area contributed by atoms with Crippen molar-refractivity contribution >= 4 is 45.9 Å². The molecule has 1 atom stereocenters. The fourth-order valence-electron chi connectivity index (χ4n) is 6.02. The number of rotatable bonds is 14. The van der Waals surface area contributed by atoms with E-state index in [0.717, 1.165) is 21.8 Å². The highest BCUT2D eigenvalue weighted by Gasteiger charge is 2.57. The van der Waals surface area contributed by atoms with E-state index in [2.05, 4.69) is 15.8 Å². The third kappa shape index (κ3) is 9.75. The number of thiazole rings is 1. The molecule has 55 heavy (non-hydrogen) atoms. The number of carbonyl (C=O) groups excluding carboxylic acids is 4. The number of nitrogens with zero attached hydrogens (tertiary/aromatic N) is 3. The molecule has 290 valence electrons. The van der Waals surface area contributed by atoms with Crippen molar-refractivity contribution in [2.45, 2.75) is 83.7 Å². The van der Waals surface area contributed by atoms with Crippen LogP contribution in [0.1, 0.15) is 77.8 Å². The van der Waals surface area contributed by atoms with Crippen LogP contribution in [0.15, 0.2) is 102 Å². The van der Waals surface area contributed by atoms with Gasteiger partial charge in [-0.15, -0.1) is 11.3 Å². The predicted molar refractivity (Wildman–Crippen MR) is 208 cm³/mol. The molecule has 2 amide bonds. The van der Waals surface area contributed by atoms with Crippen molar-refractivity contribution in [2.75, 3.05) is 18.5 Å². The summed E-state index contributed by atoms with van der Waals surface area (Å²) >= 11 is 1.24. The highest BCUT2D eigenvalue weighted by Crippen LogP contribution is 2.41. The molecule has 3 aromatic carbocycles. The van der Waals surface area contributed by atoms with E-state index in [0.29, 0.717) is 5.13 Å². The van der Waals surface area contributed by atoms with Gasteiger partial charge in [-0.25, -0.2) is 19.6 Å². The fourth-order valence-corrected chi connectivity index (χ4v) is 6.77. The van der Waals surface area contributed by atoms with E-state index in [1.54, 1.807) is 60.8 Å². The molecule has 0 radical (unpaired) electrons. The van der Waals surface area contributed by atoms with Crippen LogP contribution >= 0.6 is 11.3 Å². The summed E-state index contributed by atoms with van der Waals surface area (Å²) in [5, 5.41) is 13.5. The molecule has 0 unspecified atom stereocenters. The third-order valence-electron chi connectivity index (χ3n) is 8.32. The number of anilines is 1. The van der Waals surface area contributed by atoms with Crippen LogP contribution in [0.5, 0.6) is 0 Å². The number of ether oxygens (including phenoxy) is 2. The zero-order chi connectivity index (χ0) is 40.0. The molecule has 1 aliphatic rings. The lowest BCUT2D eigenvalue weighted by molar-refractivity contribution is -0.259. The maximum absolute atomic E-state index is 14.0. The number of benzene rings is 3. The van der Waals surface area contributed by atoms with Gasteiger partial charge < -0.3 is 24.9 Å². The van der Waals surface area contributed by atoms with E-state index >= 15 is 0 Å². The summed E-state index contributed by atoms with van der Waals surface area (Å²) in [6.45, 7) is 12.6. The van der Waals surface area contributed by atoms with E-state index in [1.165, 1.54) is 11.3 Å². The Morgan fingerprint density at radius 2 is 1.25 bits per heavy atom. The molecule has 13 nitrogen and oxygen atoms in total. The second-order valence-corrected chi connectivity index (χ2v) is 16.2. The largest absolute Gasteiger partial charge is 0.458 e. The summed E-state index contributed by atoms with van der Waals surface area (Å²) in [7, 11) is 0. The van der Waals surface area contributed by atoms with Crippen LogP contribution in [-0.4, -0.2) is 75.5 Å². The van der Waals surface area contributed by atoms with E-state index < -0.39 is 65.3 Å². The quantitative estimate of drug-likeness (QED) is 0.0514. The first-order chi connectivity index (χ1) is 25.9. The Morgan fingerprint density at radius 1 is 0.782 bits per heavy atom. The monoisotopic (exact) mass is 769 g/mol. The summed E-state index contributed by atoms with van der Waals surface area (Å²) in [5.41, 5.74) is -0.792. The smallest absolute Gasteiger partial charge is 0.347 e. The average Bonchev–Trinajstić information content (AvgIpc) is 3.58. The van der Waals surface area contributed by atoms with Gasteiger partial charge in [0.05, 0.1) is 5.54 Å². The van der Waals surface area contributed by atoms with Gasteiger partial charge in [-0.1, -0.05) is 96.2 Å². The van der Waals surface area contributed by atoms with Crippen LogP contribution in [0.25, 0.3) is 0 Å². The lowest BCUT2D eigenvalue weighted by Crippen LogP contribution is -2.76. The Hall–Kier alpha value is -5.60. The van der Waals surface area contributed by atoms with Crippen LogP contribution < -0.4 is 10.6 Å². The molecule has 5 rings (SSSR count). The maximum atomic E-state index is 14.0. The van der Waals surface area contributed by atoms with Crippen molar-refractivity contribution in [1.82, 2.24) is 15.4 Å². The minimum atomic E-state index is -1.06. The normalized spacial score (nSPS) is 15.8. The van der Waals surface area contributed by atoms with E-state index in [9.17, 15) is 19.2 Å². The number of hydrogen-bond donors (Lipinski definition) is 2. The minimum absolute atomic E-state index is 0.125. The van der Waals surface area contributed by atoms with Crippen molar-refractivity contribution in [3.63, 3.8) is 0 Å². The number of hydroxylamine groups is 2. The molecule has 1 aliphatic heterocycles. The predicted octanol–water partition coefficient (Wildman–Crippen LogP) is 5.99. The van der Waals surface area contributed by atoms with Gasteiger partial charge in [0.2, 0.25) is 6.61 Å². The zero-order valence-corrected chi connectivity index (χ0v) is 33.1. The van der Waals surface area contributed by atoms with Gasteiger partial charge in [0.25, 0.3) is 11.8 Å². The van der Waals surface area contributed by atoms with Crippen molar-refractivity contribution in [1.29, 1.82) is 0 Å². The zero-order valence-electron chi connectivity index (χ0n) is 32.2. The van der Waals surface area contributed by atoms with Crippen molar-refractivity contribution in [3.8, 4) is 0 Å². The Balaban J connectivity index is 1.45. The van der Waals surface area contributed by atoms with Crippen LogP contribution in [0.4, 0.5) is 5.13 Å². The van der Waals surface area contributed by atoms with Gasteiger partial charge in [-0.05, 0) is 72.1 Å². The van der Waals surface area contributed by atoms with Gasteiger partial charge in [-0.3, -0.25) is 14.4 Å². The highest BCUT2D eigenvalue weighted by atomic mass is 32.1. The standard InChI is InChI=1S/C41H47N5O8S/c1-38(2,3)53-31(47)24-51-45-33(35(49)43-34-36(50)46(40(34,7)8)52-25-32(48)54-39(4,5)6)30-26-55-37(42-30)44-41(27-18-12-9-13-19-27,28-20-14-10-15-21-28)29-22-16-11-17-23-29/h9-23,26,34H,24-25H2,1-8H3,(H,42,44)(H,43,49)/b45-33+/t34-/m1/s1. The van der Waals surface area contributed by atoms with Gasteiger partial charge in [-0.2, -0.15) is 0 Å². The van der Waals surface area contributed by atoms with Crippen LogP contribution in [0, 0.1) is 0 Å². The number of hydrogen-bond acceptors (Lipinski definition) is 12. The SMILES string of the molecule is CC(C)(C)OC(=O)CO/N=C(/C(=O)N[C@@H]1C(=O)N(OCC(=O)OC(C)(C)C)C1(C)C)c1csc(NC(c2ccccc2)(c2ccccc2)c2ccccc2)n1. The number of aromatic nitrogens is 1. The molecule has 1 fully saturated rings. The number of nitrogens with one attached hydrogen (secondary N) is 2. The molecule has 0 bridgehead atoms. The van der Waals surface area contributed by atoms with Crippen molar-refractivity contribution < 1.29 is 38.3 Å². The fraction of sp³-hybridized carbons (Fsp3) is 0.366. The molecule has 0 saturated carbocycles. The summed E-state index contributed by atoms with van der Waals surface area (Å²) in [4.78, 5) is 67.6. The number of esters is 2. The Bertz CT molecular complexity index is 1910. The first-order valence-electron chi connectivity index (χ1n) is 17.7. The van der Waals surface area contributed by atoms with Crippen molar-refractivity contribution in [3.05, 3.63) is 119 Å². The molecule has 14 heteroatoms. The Morgan fingerprint density at radius 3 is 1.71 bits per heavy atom. The van der Waals surface area contributed by atoms with Crippen LogP contribution in [-0.2, 0) is 43.9 Å². The van der Waals surface area contributed by atoms with Gasteiger partial charge in [0.15, 0.2) is 17.5 Å². The number of oxime groups is 1. The first kappa shape index (κ1) is 40.6. The molecule has 2 heterocycles. The second kappa shape index (κ2) is 16.4. The molecule has 0 spiro atoms. The van der Waals surface area contributed by atoms with Crippen LogP contribution in [0.2, 0.25) is 0 Å². The maximum Gasteiger partial charge on any atom is 0.347 e. The second-order valence-electron chi connectivity index (χ2n) is 15.4. The first-order valence-corrected chi connectivity index (χ1v) is 18.6.